The number of benzene rings is 1. The van der Waals surface area contributed by atoms with Crippen LogP contribution in [0.5, 0.6) is 0 Å². The summed E-state index contributed by atoms with van der Waals surface area (Å²) in [6, 6.07) is 4.63. The number of rotatable bonds is 11. The molecule has 18 heteroatoms. The minimum absolute atomic E-state index is 0. The van der Waals surface area contributed by atoms with Gasteiger partial charge >= 0.3 is 12.1 Å². The molecule has 6 heterocycles. The molecule has 4 aromatic rings. The minimum Gasteiger partial charge on any atom is -0.469 e. The number of halogens is 4. The molecule has 0 radical (unpaired) electrons. The third kappa shape index (κ3) is 8.57. The number of nitrogens with one attached hydrogen (secondary N) is 2. The van der Waals surface area contributed by atoms with Gasteiger partial charge in [-0.1, -0.05) is 27.7 Å². The van der Waals surface area contributed by atoms with Gasteiger partial charge in [-0.2, -0.15) is 0 Å². The number of aromatic amines is 1. The Morgan fingerprint density at radius 2 is 1.54 bits per heavy atom. The highest BCUT2D eigenvalue weighted by Crippen LogP contribution is 2.42. The Balaban J connectivity index is 0.00000585. The summed E-state index contributed by atoms with van der Waals surface area (Å²) in [6.45, 7) is 7.58. The highest BCUT2D eigenvalue weighted by molar-refractivity contribution is 6.04. The Labute approximate surface area is 336 Å². The van der Waals surface area contributed by atoms with Crippen molar-refractivity contribution in [3.05, 3.63) is 48.2 Å². The van der Waals surface area contributed by atoms with Gasteiger partial charge in [-0.05, 0) is 43.0 Å². The van der Waals surface area contributed by atoms with Crippen molar-refractivity contribution in [2.75, 3.05) is 27.3 Å². The van der Waals surface area contributed by atoms with E-state index < -0.39 is 72.5 Å². The van der Waals surface area contributed by atoms with E-state index in [1.807, 2.05) is 18.2 Å². The van der Waals surface area contributed by atoms with E-state index in [2.05, 4.69) is 20.3 Å². The molecule has 14 nitrogen and oxygen atoms in total. The molecule has 2 saturated heterocycles. The number of ether oxygens (including phenoxy) is 2. The van der Waals surface area contributed by atoms with Crippen LogP contribution in [0.15, 0.2) is 50.5 Å². The van der Waals surface area contributed by atoms with E-state index in [4.69, 9.17) is 18.3 Å². The van der Waals surface area contributed by atoms with E-state index in [1.54, 1.807) is 46.2 Å². The van der Waals surface area contributed by atoms with Crippen LogP contribution in [0.2, 0.25) is 0 Å². The van der Waals surface area contributed by atoms with Gasteiger partial charge in [-0.3, -0.25) is 24.1 Å². The monoisotopic (exact) mass is 828 g/mol. The van der Waals surface area contributed by atoms with Crippen molar-refractivity contribution in [3.63, 3.8) is 0 Å². The highest BCUT2D eigenvalue weighted by Gasteiger charge is 2.51. The van der Waals surface area contributed by atoms with Gasteiger partial charge in [0.15, 0.2) is 5.76 Å². The first-order valence-corrected chi connectivity index (χ1v) is 19.2. The van der Waals surface area contributed by atoms with Gasteiger partial charge < -0.3 is 38.4 Å². The van der Waals surface area contributed by atoms with Crippen LogP contribution in [-0.4, -0.2) is 100 Å². The molecule has 5 atom stereocenters. The minimum atomic E-state index is -3.12. The van der Waals surface area contributed by atoms with Crippen molar-refractivity contribution in [2.45, 2.75) is 90.0 Å². The lowest BCUT2D eigenvalue weighted by Crippen LogP contribution is -2.51. The first-order valence-electron chi connectivity index (χ1n) is 19.2. The molecule has 3 amide bonds. The number of aromatic nitrogens is 2. The normalized spacial score (nSPS) is 22.4. The number of alkyl halides is 3. The molecular formula is C41H48F4N6O8. The molecule has 3 aromatic heterocycles. The topological polar surface area (TPSA) is 173 Å². The molecule has 0 saturated carbocycles. The standard InChI is InChI=1S/C41H47F3N6O8.FH/c1-20(2)25(13-34(51)55-6)37(52)50-19-41(43,44)15-28(50)26-8-24(16-45-26)32-11-22-9-31-23(10-30(22)57-32)12-33(58-31)27-17-46-36(47-27)29-14-40(5,42)18-49(29)38(53)35(21(3)4)48-39(54)56-7;/h9-12,16-17,20-21,25,28-29,35H,8,13-15,18-19H2,1-7H3,(H,46,47)(H,48,54);1H/t25-,28-,29-,35-,40?;/m0./s1. The number of H-pyrrole nitrogens is 1. The SMILES string of the molecule is COC(=O)C[C@H](C(=O)N1CC(F)(F)C[C@H]1C1=NC=C(c2cc3cc4oc(-c5cnc([C@@H]6CC(C)(F)CN6C(=O)[C@@H](NC(=O)OC)C(C)C)[nH]5)cc4cc3o2)C1)C(C)C.F. The Kier molecular flexibility index (Phi) is 11.8. The van der Waals surface area contributed by atoms with Gasteiger partial charge in [0.25, 0.3) is 5.92 Å². The maximum absolute atomic E-state index is 15.5. The number of esters is 1. The molecule has 2 N–H and O–H groups in total. The Bertz CT molecular complexity index is 2280. The molecule has 7 rings (SSSR count). The number of furan rings is 2. The maximum atomic E-state index is 15.5. The Morgan fingerprint density at radius 3 is 2.17 bits per heavy atom. The summed E-state index contributed by atoms with van der Waals surface area (Å²) in [5, 5.41) is 4.00. The largest absolute Gasteiger partial charge is 0.469 e. The van der Waals surface area contributed by atoms with E-state index in [9.17, 15) is 28.0 Å². The van der Waals surface area contributed by atoms with Gasteiger partial charge in [0.2, 0.25) is 11.8 Å². The number of hydrogen-bond donors (Lipinski definition) is 2. The van der Waals surface area contributed by atoms with Crippen LogP contribution in [0.25, 0.3) is 39.0 Å². The Morgan fingerprint density at radius 1 is 0.898 bits per heavy atom. The summed E-state index contributed by atoms with van der Waals surface area (Å²) in [6.07, 6.45) is 1.78. The van der Waals surface area contributed by atoms with E-state index in [0.717, 1.165) is 10.3 Å². The summed E-state index contributed by atoms with van der Waals surface area (Å²) >= 11 is 0. The molecule has 1 unspecified atom stereocenters. The molecule has 3 aliphatic heterocycles. The molecule has 2 fully saturated rings. The number of hydrogen-bond acceptors (Lipinski definition) is 10. The van der Waals surface area contributed by atoms with Gasteiger partial charge in [-0.15, -0.1) is 0 Å². The van der Waals surface area contributed by atoms with E-state index >= 15 is 4.39 Å². The fourth-order valence-electron chi connectivity index (χ4n) is 8.12. The van der Waals surface area contributed by atoms with E-state index in [-0.39, 0.29) is 42.3 Å². The smallest absolute Gasteiger partial charge is 0.407 e. The van der Waals surface area contributed by atoms with Crippen LogP contribution in [0, 0.1) is 17.8 Å². The van der Waals surface area contributed by atoms with Gasteiger partial charge in [0.05, 0.1) is 57.9 Å². The van der Waals surface area contributed by atoms with Crippen LogP contribution >= 0.6 is 0 Å². The summed E-state index contributed by atoms with van der Waals surface area (Å²) in [5.74, 6) is -4.76. The van der Waals surface area contributed by atoms with Crippen LogP contribution in [-0.2, 0) is 23.9 Å². The third-order valence-corrected chi connectivity index (χ3v) is 11.2. The Hall–Kier alpha value is -5.68. The predicted octanol–water partition coefficient (Wildman–Crippen LogP) is 7.36. The van der Waals surface area contributed by atoms with Gasteiger partial charge in [0, 0.05) is 47.5 Å². The van der Waals surface area contributed by atoms with Crippen LogP contribution in [0.4, 0.5) is 22.7 Å². The number of alkyl carbamates (subject to hydrolysis) is 1. The fourth-order valence-corrected chi connectivity index (χ4v) is 8.12. The van der Waals surface area contributed by atoms with Crippen molar-refractivity contribution in [2.24, 2.45) is 22.7 Å². The van der Waals surface area contributed by atoms with Crippen LogP contribution in [0.3, 0.4) is 0 Å². The molecule has 3 aliphatic rings. The van der Waals surface area contributed by atoms with Crippen LogP contribution in [0.1, 0.15) is 77.9 Å². The number of likely N-dealkylation sites (tertiary alicyclic amines) is 2. The van der Waals surface area contributed by atoms with Crippen molar-refractivity contribution in [1.29, 1.82) is 0 Å². The number of carbonyl (C=O) groups is 4. The van der Waals surface area contributed by atoms with Crippen molar-refractivity contribution in [3.8, 4) is 11.5 Å². The average Bonchev–Trinajstić information content (AvgIpc) is 4.02. The lowest BCUT2D eigenvalue weighted by molar-refractivity contribution is -0.148. The second kappa shape index (κ2) is 16.2. The molecule has 0 aliphatic carbocycles. The number of amides is 3. The lowest BCUT2D eigenvalue weighted by Gasteiger charge is -2.30. The second-order valence-corrected chi connectivity index (χ2v) is 16.4. The summed E-state index contributed by atoms with van der Waals surface area (Å²) in [4.78, 5) is 66.1. The second-order valence-electron chi connectivity index (χ2n) is 16.4. The average molecular weight is 829 g/mol. The number of allylic oxidation sites excluding steroid dienone is 1. The zero-order valence-corrected chi connectivity index (χ0v) is 33.8. The summed E-state index contributed by atoms with van der Waals surface area (Å²) in [5.41, 5.74) is 0.980. The van der Waals surface area contributed by atoms with Gasteiger partial charge in [0.1, 0.15) is 40.2 Å². The molecule has 1 aromatic carbocycles. The molecular weight excluding hydrogens is 780 g/mol. The number of methoxy groups -OCH3 is 2. The number of nitrogens with zero attached hydrogens (tertiary/aromatic N) is 4. The quantitative estimate of drug-likeness (QED) is 0.116. The third-order valence-electron chi connectivity index (χ3n) is 11.2. The van der Waals surface area contributed by atoms with Crippen molar-refractivity contribution in [1.82, 2.24) is 25.1 Å². The fraction of sp³-hybridized carbons (Fsp3) is 0.512. The molecule has 59 heavy (non-hydrogen) atoms. The number of aliphatic imine (C=N–C) groups is 1. The van der Waals surface area contributed by atoms with Crippen LogP contribution < -0.4 is 5.32 Å². The number of carbonyl (C=O) groups excluding carboxylic acids is 4. The first-order chi connectivity index (χ1) is 27.4. The maximum Gasteiger partial charge on any atom is 0.407 e. The zero-order chi connectivity index (χ0) is 41.8. The zero-order valence-electron chi connectivity index (χ0n) is 33.8. The highest BCUT2D eigenvalue weighted by atomic mass is 19.3. The molecule has 0 spiro atoms. The van der Waals surface area contributed by atoms with E-state index in [0.29, 0.717) is 50.9 Å². The van der Waals surface area contributed by atoms with Crippen molar-refractivity contribution >= 4 is 57.1 Å². The van der Waals surface area contributed by atoms with Crippen molar-refractivity contribution < 1.29 is 55.4 Å². The summed E-state index contributed by atoms with van der Waals surface area (Å²) in [7, 11) is 2.43. The number of imidazole rings is 1. The first kappa shape index (κ1) is 42.9. The van der Waals surface area contributed by atoms with E-state index in [1.165, 1.54) is 26.0 Å². The predicted molar refractivity (Wildman–Crippen MR) is 209 cm³/mol. The molecule has 0 bridgehead atoms. The molecule has 318 valence electrons. The summed E-state index contributed by atoms with van der Waals surface area (Å²) < 4.78 is 67.1. The van der Waals surface area contributed by atoms with Gasteiger partial charge in [-0.25, -0.2) is 22.9 Å². The lowest BCUT2D eigenvalue weighted by atomic mass is 9.90. The number of fused-ring (bicyclic) bond motifs is 2.